The fourth-order valence-electron chi connectivity index (χ4n) is 3.29. The number of rotatable bonds is 3. The molecule has 2 N–H and O–H groups in total. The first-order chi connectivity index (χ1) is 10.1. The van der Waals surface area contributed by atoms with Gasteiger partial charge in [0.2, 0.25) is 5.82 Å². The minimum Gasteiger partial charge on any atom is -0.505 e. The van der Waals surface area contributed by atoms with E-state index in [9.17, 15) is 13.9 Å². The third-order valence-electron chi connectivity index (χ3n) is 4.63. The standard InChI is InChI=1S/C15H19BrF2N2O/c16-11-8-10(15(21)13(18)12(11)17)14(9-2-1-3-9)20-6-4-19-5-7-20/h8-9,14,19,21H,1-7H2/t14-/m0/s1. The van der Waals surface area contributed by atoms with E-state index in [2.05, 4.69) is 26.1 Å². The van der Waals surface area contributed by atoms with Crippen LogP contribution in [-0.2, 0) is 0 Å². The average Bonchev–Trinajstić information content (AvgIpc) is 2.45. The minimum absolute atomic E-state index is 0.0350. The molecule has 21 heavy (non-hydrogen) atoms. The molecule has 0 spiro atoms. The van der Waals surface area contributed by atoms with Crippen molar-refractivity contribution in [1.29, 1.82) is 0 Å². The van der Waals surface area contributed by atoms with Gasteiger partial charge in [-0.1, -0.05) is 6.42 Å². The highest BCUT2D eigenvalue weighted by atomic mass is 79.9. The van der Waals surface area contributed by atoms with Crippen LogP contribution >= 0.6 is 15.9 Å². The normalized spacial score (nSPS) is 22.0. The van der Waals surface area contributed by atoms with Crippen molar-refractivity contribution in [3.8, 4) is 5.75 Å². The van der Waals surface area contributed by atoms with Crippen LogP contribution in [-0.4, -0.2) is 36.2 Å². The van der Waals surface area contributed by atoms with Crippen molar-refractivity contribution in [1.82, 2.24) is 10.2 Å². The van der Waals surface area contributed by atoms with Gasteiger partial charge < -0.3 is 10.4 Å². The number of hydrogen-bond donors (Lipinski definition) is 2. The van der Waals surface area contributed by atoms with Crippen molar-refractivity contribution in [3.05, 3.63) is 27.7 Å². The number of hydrogen-bond acceptors (Lipinski definition) is 3. The Morgan fingerprint density at radius 1 is 1.24 bits per heavy atom. The first kappa shape index (κ1) is 15.2. The average molecular weight is 361 g/mol. The highest BCUT2D eigenvalue weighted by Crippen LogP contribution is 2.45. The van der Waals surface area contributed by atoms with Gasteiger partial charge in [-0.05, 0) is 40.8 Å². The summed E-state index contributed by atoms with van der Waals surface area (Å²) in [7, 11) is 0. The van der Waals surface area contributed by atoms with Crippen LogP contribution in [0.5, 0.6) is 5.75 Å². The number of phenols is 1. The van der Waals surface area contributed by atoms with Crippen molar-refractivity contribution in [3.63, 3.8) is 0 Å². The van der Waals surface area contributed by atoms with E-state index in [-0.39, 0.29) is 10.5 Å². The zero-order valence-electron chi connectivity index (χ0n) is 11.7. The monoisotopic (exact) mass is 360 g/mol. The van der Waals surface area contributed by atoms with Gasteiger partial charge in [0, 0.05) is 37.8 Å². The molecule has 1 saturated carbocycles. The highest BCUT2D eigenvalue weighted by Gasteiger charge is 2.36. The first-order valence-corrected chi connectivity index (χ1v) is 8.20. The van der Waals surface area contributed by atoms with E-state index in [4.69, 9.17) is 0 Å². The molecule has 6 heteroatoms. The summed E-state index contributed by atoms with van der Waals surface area (Å²) in [6, 6.07) is 1.51. The Morgan fingerprint density at radius 2 is 1.90 bits per heavy atom. The van der Waals surface area contributed by atoms with Crippen LogP contribution in [0.1, 0.15) is 30.9 Å². The summed E-state index contributed by atoms with van der Waals surface area (Å²) >= 11 is 3.06. The molecule has 1 heterocycles. The van der Waals surface area contributed by atoms with E-state index in [1.54, 1.807) is 6.07 Å². The summed E-state index contributed by atoms with van der Waals surface area (Å²) in [5, 5.41) is 13.4. The van der Waals surface area contributed by atoms with Crippen molar-refractivity contribution < 1.29 is 13.9 Å². The fourth-order valence-corrected chi connectivity index (χ4v) is 3.71. The molecule has 0 bridgehead atoms. The molecule has 0 radical (unpaired) electrons. The van der Waals surface area contributed by atoms with Gasteiger partial charge in [0.15, 0.2) is 11.6 Å². The maximum absolute atomic E-state index is 13.9. The Morgan fingerprint density at radius 3 is 2.48 bits per heavy atom. The van der Waals surface area contributed by atoms with Crippen molar-refractivity contribution in [2.75, 3.05) is 26.2 Å². The van der Waals surface area contributed by atoms with Gasteiger partial charge >= 0.3 is 0 Å². The lowest BCUT2D eigenvalue weighted by Crippen LogP contribution is -2.47. The van der Waals surface area contributed by atoms with Crippen molar-refractivity contribution in [2.24, 2.45) is 5.92 Å². The van der Waals surface area contributed by atoms with Crippen LogP contribution in [0.2, 0.25) is 0 Å². The van der Waals surface area contributed by atoms with E-state index < -0.39 is 17.4 Å². The molecule has 0 unspecified atom stereocenters. The smallest absolute Gasteiger partial charge is 0.201 e. The Balaban J connectivity index is 1.99. The first-order valence-electron chi connectivity index (χ1n) is 7.40. The molecule has 116 valence electrons. The van der Waals surface area contributed by atoms with E-state index in [1.165, 1.54) is 6.42 Å². The molecule has 1 saturated heterocycles. The summed E-state index contributed by atoms with van der Waals surface area (Å²) in [6.45, 7) is 3.48. The van der Waals surface area contributed by atoms with E-state index in [1.807, 2.05) is 0 Å². The van der Waals surface area contributed by atoms with Crippen LogP contribution in [0.25, 0.3) is 0 Å². The van der Waals surface area contributed by atoms with Crippen LogP contribution in [0, 0.1) is 17.6 Å². The lowest BCUT2D eigenvalue weighted by Gasteiger charge is -2.43. The molecule has 2 aliphatic rings. The summed E-state index contributed by atoms with van der Waals surface area (Å²) in [5.74, 6) is -2.31. The van der Waals surface area contributed by atoms with Gasteiger partial charge in [0.25, 0.3) is 0 Å². The number of nitrogens with one attached hydrogen (secondary N) is 1. The van der Waals surface area contributed by atoms with Crippen LogP contribution in [0.3, 0.4) is 0 Å². The Hall–Kier alpha value is -0.720. The predicted octanol–water partition coefficient (Wildman–Crippen LogP) is 3.18. The zero-order valence-corrected chi connectivity index (χ0v) is 13.3. The predicted molar refractivity (Wildman–Crippen MR) is 80.2 cm³/mol. The summed E-state index contributed by atoms with van der Waals surface area (Å²) in [6.07, 6.45) is 3.31. The molecule has 3 rings (SSSR count). The number of piperazine rings is 1. The molecule has 1 atom stereocenters. The molecule has 0 aromatic heterocycles. The molecule has 0 amide bonds. The van der Waals surface area contributed by atoms with E-state index in [0.717, 1.165) is 39.0 Å². The maximum Gasteiger partial charge on any atom is 0.201 e. The topological polar surface area (TPSA) is 35.5 Å². The van der Waals surface area contributed by atoms with Crippen molar-refractivity contribution in [2.45, 2.75) is 25.3 Å². The van der Waals surface area contributed by atoms with E-state index in [0.29, 0.717) is 11.5 Å². The molecular formula is C15H19BrF2N2O. The van der Waals surface area contributed by atoms with Crippen LogP contribution in [0.4, 0.5) is 8.78 Å². The lowest BCUT2D eigenvalue weighted by atomic mass is 9.76. The SMILES string of the molecule is Oc1c([C@H](C2CCC2)N2CCNCC2)cc(Br)c(F)c1F. The van der Waals surface area contributed by atoms with Crippen molar-refractivity contribution >= 4 is 15.9 Å². The van der Waals surface area contributed by atoms with Crippen LogP contribution < -0.4 is 5.32 Å². The summed E-state index contributed by atoms with van der Waals surface area (Å²) in [4.78, 5) is 2.28. The second-order valence-corrected chi connectivity index (χ2v) is 6.70. The zero-order chi connectivity index (χ0) is 15.0. The Kier molecular flexibility index (Phi) is 4.47. The molecule has 1 aliphatic heterocycles. The summed E-state index contributed by atoms with van der Waals surface area (Å²) < 4.78 is 27.5. The minimum atomic E-state index is -1.15. The quantitative estimate of drug-likeness (QED) is 0.812. The summed E-state index contributed by atoms with van der Waals surface area (Å²) in [5.41, 5.74) is 0.507. The van der Waals surface area contributed by atoms with Gasteiger partial charge in [-0.2, -0.15) is 4.39 Å². The lowest BCUT2D eigenvalue weighted by molar-refractivity contribution is 0.0813. The molecule has 1 aliphatic carbocycles. The number of phenolic OH excluding ortho intramolecular Hbond substituents is 1. The van der Waals surface area contributed by atoms with Gasteiger partial charge in [-0.25, -0.2) is 4.39 Å². The second kappa shape index (κ2) is 6.18. The largest absolute Gasteiger partial charge is 0.505 e. The van der Waals surface area contributed by atoms with E-state index >= 15 is 0 Å². The molecule has 1 aromatic carbocycles. The second-order valence-electron chi connectivity index (χ2n) is 5.85. The number of aromatic hydroxyl groups is 1. The number of benzene rings is 1. The third-order valence-corrected chi connectivity index (χ3v) is 5.20. The molecule has 1 aromatic rings. The Labute approximate surface area is 131 Å². The molecule has 3 nitrogen and oxygen atoms in total. The molecular weight excluding hydrogens is 342 g/mol. The molecule has 2 fully saturated rings. The number of halogens is 3. The Bertz CT molecular complexity index is 531. The van der Waals surface area contributed by atoms with Crippen LogP contribution in [0.15, 0.2) is 10.5 Å². The third kappa shape index (κ3) is 2.81. The number of nitrogens with zero attached hydrogens (tertiary/aromatic N) is 1. The highest BCUT2D eigenvalue weighted by molar-refractivity contribution is 9.10. The van der Waals surface area contributed by atoms with Gasteiger partial charge in [-0.3, -0.25) is 4.90 Å². The van der Waals surface area contributed by atoms with Gasteiger partial charge in [0.05, 0.1) is 4.47 Å². The maximum atomic E-state index is 13.9. The van der Waals surface area contributed by atoms with Gasteiger partial charge in [0.1, 0.15) is 0 Å². The van der Waals surface area contributed by atoms with Gasteiger partial charge in [-0.15, -0.1) is 0 Å². The fraction of sp³-hybridized carbons (Fsp3) is 0.600.